The summed E-state index contributed by atoms with van der Waals surface area (Å²) in [6, 6.07) is 12.4. The number of sulfone groups is 1. The summed E-state index contributed by atoms with van der Waals surface area (Å²) in [5.41, 5.74) is 1.11. The lowest BCUT2D eigenvalue weighted by atomic mass is 10.2. The van der Waals surface area contributed by atoms with Crippen LogP contribution < -0.4 is 10.1 Å². The molecule has 2 aromatic rings. The summed E-state index contributed by atoms with van der Waals surface area (Å²) in [6.07, 6.45) is 3.97. The SMILES string of the molecule is CS(=O)(=O)CCOc1cccc(NC(=O)/C=C/c2ccc([N+](=O)[O-])cc2)c1. The van der Waals surface area contributed by atoms with Gasteiger partial charge in [-0.1, -0.05) is 6.07 Å². The third kappa shape index (κ3) is 7.28. The van der Waals surface area contributed by atoms with Gasteiger partial charge in [-0.15, -0.1) is 0 Å². The number of nitrogens with one attached hydrogen (secondary N) is 1. The summed E-state index contributed by atoms with van der Waals surface area (Å²) in [7, 11) is -3.11. The maximum absolute atomic E-state index is 12.0. The predicted octanol–water partition coefficient (Wildman–Crippen LogP) is 2.67. The van der Waals surface area contributed by atoms with E-state index in [9.17, 15) is 23.3 Å². The summed E-state index contributed by atoms with van der Waals surface area (Å²) < 4.78 is 27.6. The van der Waals surface area contributed by atoms with Crippen molar-refractivity contribution in [3.63, 3.8) is 0 Å². The molecule has 0 atom stereocenters. The van der Waals surface area contributed by atoms with E-state index in [0.29, 0.717) is 17.0 Å². The second kappa shape index (κ2) is 8.95. The lowest BCUT2D eigenvalue weighted by Gasteiger charge is -2.08. The second-order valence-electron chi connectivity index (χ2n) is 5.68. The molecule has 0 bridgehead atoms. The van der Waals surface area contributed by atoms with Gasteiger partial charge < -0.3 is 10.1 Å². The van der Waals surface area contributed by atoms with Crippen molar-refractivity contribution in [2.75, 3.05) is 23.9 Å². The van der Waals surface area contributed by atoms with E-state index in [4.69, 9.17) is 4.74 Å². The number of benzene rings is 2. The van der Waals surface area contributed by atoms with Crippen LogP contribution in [0, 0.1) is 10.1 Å². The highest BCUT2D eigenvalue weighted by atomic mass is 32.2. The van der Waals surface area contributed by atoms with Gasteiger partial charge in [0.15, 0.2) is 9.84 Å². The molecule has 1 amide bonds. The molecule has 0 fully saturated rings. The minimum absolute atomic E-state index is 0.0238. The Morgan fingerprint density at radius 2 is 1.93 bits per heavy atom. The zero-order valence-electron chi connectivity index (χ0n) is 14.5. The second-order valence-corrected chi connectivity index (χ2v) is 7.94. The molecule has 0 radical (unpaired) electrons. The monoisotopic (exact) mass is 390 g/mol. The van der Waals surface area contributed by atoms with E-state index in [1.54, 1.807) is 24.3 Å². The van der Waals surface area contributed by atoms with Gasteiger partial charge in [-0.3, -0.25) is 14.9 Å². The first-order valence-electron chi connectivity index (χ1n) is 7.87. The molecule has 0 aromatic heterocycles. The zero-order chi connectivity index (χ0) is 19.9. The lowest BCUT2D eigenvalue weighted by molar-refractivity contribution is -0.384. The van der Waals surface area contributed by atoms with E-state index in [0.717, 1.165) is 6.26 Å². The van der Waals surface area contributed by atoms with E-state index >= 15 is 0 Å². The van der Waals surface area contributed by atoms with Gasteiger partial charge in [0.1, 0.15) is 12.4 Å². The number of amides is 1. The standard InChI is InChI=1S/C18H18N2O6S/c1-27(24,25)12-11-26-17-4-2-3-15(13-17)19-18(21)10-7-14-5-8-16(9-6-14)20(22)23/h2-10,13H,11-12H2,1H3,(H,19,21)/b10-7+. The van der Waals surface area contributed by atoms with Gasteiger partial charge in [-0.25, -0.2) is 8.42 Å². The molecule has 2 rings (SSSR count). The Bertz CT molecular complexity index is 952. The number of nitro benzene ring substituents is 1. The van der Waals surface area contributed by atoms with Crippen LogP contribution in [0.25, 0.3) is 6.08 Å². The lowest BCUT2D eigenvalue weighted by Crippen LogP contribution is -2.12. The van der Waals surface area contributed by atoms with Gasteiger partial charge in [-0.2, -0.15) is 0 Å². The fourth-order valence-electron chi connectivity index (χ4n) is 2.04. The van der Waals surface area contributed by atoms with Gasteiger partial charge >= 0.3 is 0 Å². The van der Waals surface area contributed by atoms with Gasteiger partial charge in [0, 0.05) is 36.2 Å². The molecule has 2 aromatic carbocycles. The highest BCUT2D eigenvalue weighted by Crippen LogP contribution is 2.18. The summed E-state index contributed by atoms with van der Waals surface area (Å²) in [5.74, 6) is -0.0425. The van der Waals surface area contributed by atoms with Crippen molar-refractivity contribution in [3.05, 3.63) is 70.3 Å². The van der Waals surface area contributed by atoms with Crippen LogP contribution in [0.15, 0.2) is 54.6 Å². The number of carbonyl (C=O) groups is 1. The molecule has 0 saturated heterocycles. The number of ether oxygens (including phenoxy) is 1. The molecule has 0 heterocycles. The summed E-state index contributed by atoms with van der Waals surface area (Å²) >= 11 is 0. The number of hydrogen-bond acceptors (Lipinski definition) is 6. The number of carbonyl (C=O) groups excluding carboxylic acids is 1. The Kier molecular flexibility index (Phi) is 6.67. The topological polar surface area (TPSA) is 116 Å². The van der Waals surface area contributed by atoms with E-state index < -0.39 is 14.8 Å². The normalized spacial score (nSPS) is 11.3. The molecule has 0 unspecified atom stereocenters. The summed E-state index contributed by atoms with van der Waals surface area (Å²) in [6.45, 7) is 0.0241. The first-order chi connectivity index (χ1) is 12.7. The molecule has 142 valence electrons. The molecule has 27 heavy (non-hydrogen) atoms. The van der Waals surface area contributed by atoms with Gasteiger partial charge in [-0.05, 0) is 35.9 Å². The molecule has 0 aliphatic rings. The molecular weight excluding hydrogens is 372 g/mol. The van der Waals surface area contributed by atoms with E-state index in [1.165, 1.54) is 36.4 Å². The molecular formula is C18H18N2O6S. The third-order valence-corrected chi connectivity index (χ3v) is 4.26. The fourth-order valence-corrected chi connectivity index (χ4v) is 2.42. The van der Waals surface area contributed by atoms with Gasteiger partial charge in [0.05, 0.1) is 10.7 Å². The Labute approximate surface area is 156 Å². The van der Waals surface area contributed by atoms with Crippen molar-refractivity contribution in [1.29, 1.82) is 0 Å². The number of hydrogen-bond donors (Lipinski definition) is 1. The summed E-state index contributed by atoms with van der Waals surface area (Å²) in [4.78, 5) is 22.1. The smallest absolute Gasteiger partial charge is 0.269 e. The van der Waals surface area contributed by atoms with Crippen LogP contribution in [0.4, 0.5) is 11.4 Å². The van der Waals surface area contributed by atoms with E-state index in [1.807, 2.05) is 0 Å². The molecule has 0 aliphatic carbocycles. The van der Waals surface area contributed by atoms with Crippen LogP contribution in [0.3, 0.4) is 0 Å². The zero-order valence-corrected chi connectivity index (χ0v) is 15.3. The molecule has 9 heteroatoms. The minimum atomic E-state index is -3.11. The van der Waals surface area contributed by atoms with Crippen LogP contribution >= 0.6 is 0 Å². The van der Waals surface area contributed by atoms with Crippen LogP contribution in [-0.2, 0) is 14.6 Å². The van der Waals surface area contributed by atoms with Crippen molar-refractivity contribution >= 4 is 33.2 Å². The average molecular weight is 390 g/mol. The van der Waals surface area contributed by atoms with Crippen molar-refractivity contribution in [2.24, 2.45) is 0 Å². The number of non-ortho nitro benzene ring substituents is 1. The minimum Gasteiger partial charge on any atom is -0.492 e. The van der Waals surface area contributed by atoms with Gasteiger partial charge in [0.2, 0.25) is 5.91 Å². The van der Waals surface area contributed by atoms with Crippen LogP contribution in [0.5, 0.6) is 5.75 Å². The number of rotatable bonds is 8. The molecule has 1 N–H and O–H groups in total. The highest BCUT2D eigenvalue weighted by Gasteiger charge is 2.05. The molecule has 0 spiro atoms. The Morgan fingerprint density at radius 3 is 2.56 bits per heavy atom. The van der Waals surface area contributed by atoms with Crippen molar-refractivity contribution in [3.8, 4) is 5.75 Å². The fraction of sp³-hybridized carbons (Fsp3) is 0.167. The number of anilines is 1. The first kappa shape index (κ1) is 20.1. The molecule has 8 nitrogen and oxygen atoms in total. The Balaban J connectivity index is 1.93. The maximum Gasteiger partial charge on any atom is 0.269 e. The van der Waals surface area contributed by atoms with Gasteiger partial charge in [0.25, 0.3) is 5.69 Å². The van der Waals surface area contributed by atoms with Crippen molar-refractivity contribution in [2.45, 2.75) is 0 Å². The number of nitro groups is 1. The van der Waals surface area contributed by atoms with Crippen molar-refractivity contribution in [1.82, 2.24) is 0 Å². The van der Waals surface area contributed by atoms with Crippen LogP contribution in [-0.4, -0.2) is 37.9 Å². The Morgan fingerprint density at radius 1 is 1.22 bits per heavy atom. The van der Waals surface area contributed by atoms with Crippen LogP contribution in [0.1, 0.15) is 5.56 Å². The van der Waals surface area contributed by atoms with E-state index in [2.05, 4.69) is 5.32 Å². The average Bonchev–Trinajstić information content (AvgIpc) is 2.59. The first-order valence-corrected chi connectivity index (χ1v) is 9.93. The maximum atomic E-state index is 12.0. The van der Waals surface area contributed by atoms with E-state index in [-0.39, 0.29) is 24.0 Å². The molecule has 0 aliphatic heterocycles. The number of nitrogens with zero attached hydrogens (tertiary/aromatic N) is 1. The largest absolute Gasteiger partial charge is 0.492 e. The predicted molar refractivity (Wildman–Crippen MR) is 102 cm³/mol. The highest BCUT2D eigenvalue weighted by molar-refractivity contribution is 7.90. The van der Waals surface area contributed by atoms with Crippen molar-refractivity contribution < 1.29 is 22.9 Å². The summed E-state index contributed by atoms with van der Waals surface area (Å²) in [5, 5.41) is 13.3. The van der Waals surface area contributed by atoms with Crippen LogP contribution in [0.2, 0.25) is 0 Å². The third-order valence-electron chi connectivity index (χ3n) is 3.36. The Hall–Kier alpha value is -3.20. The molecule has 0 saturated carbocycles. The quantitative estimate of drug-likeness (QED) is 0.421.